The van der Waals surface area contributed by atoms with Gasteiger partial charge in [-0.1, -0.05) is 55.8 Å². The Morgan fingerprint density at radius 1 is 1.08 bits per heavy atom. The number of halogens is 2. The molecule has 0 unspecified atom stereocenters. The number of allylic oxidation sites excluding steroid dienone is 1. The Morgan fingerprint density at radius 3 is 2.58 bits per heavy atom. The molecule has 36 heavy (non-hydrogen) atoms. The van der Waals surface area contributed by atoms with Crippen molar-refractivity contribution in [3.8, 4) is 16.9 Å². The molecule has 1 aromatic heterocycles. The largest absolute Gasteiger partial charge is 0.508 e. The molecule has 0 atom stereocenters. The Balaban J connectivity index is 1.51. The smallest absolute Gasteiger partial charge is 0.246 e. The Bertz CT molecular complexity index is 1500. The number of carbonyl (C=O) groups excluding carboxylic acids is 1. The first-order valence-electron chi connectivity index (χ1n) is 11.9. The molecule has 6 nitrogen and oxygen atoms in total. The summed E-state index contributed by atoms with van der Waals surface area (Å²) in [4.78, 5) is 25.0. The van der Waals surface area contributed by atoms with Crippen LogP contribution in [0.15, 0.2) is 60.9 Å². The van der Waals surface area contributed by atoms with E-state index in [9.17, 15) is 9.90 Å². The molecule has 1 fully saturated rings. The zero-order chi connectivity index (χ0) is 25.4. The van der Waals surface area contributed by atoms with E-state index in [0.717, 1.165) is 10.8 Å². The molecule has 0 spiro atoms. The lowest BCUT2D eigenvalue weighted by atomic mass is 9.96. The van der Waals surface area contributed by atoms with Crippen LogP contribution in [-0.4, -0.2) is 52.1 Å². The highest BCUT2D eigenvalue weighted by molar-refractivity contribution is 6.35. The number of rotatable bonds is 4. The van der Waals surface area contributed by atoms with Crippen LogP contribution in [0.4, 0.5) is 10.2 Å². The SMILES string of the molecule is CC(C)/C=C/C(=O)N1CCN(c2ncnc3c(F)c(-c4cc(O)cc5ccccc45)c(Cl)cc23)CC1. The summed E-state index contributed by atoms with van der Waals surface area (Å²) in [5.41, 5.74) is 0.843. The lowest BCUT2D eigenvalue weighted by molar-refractivity contribution is -0.126. The number of hydrogen-bond donors (Lipinski definition) is 1. The summed E-state index contributed by atoms with van der Waals surface area (Å²) >= 11 is 6.68. The highest BCUT2D eigenvalue weighted by Gasteiger charge is 2.25. The van der Waals surface area contributed by atoms with Crippen molar-refractivity contribution in [1.29, 1.82) is 0 Å². The van der Waals surface area contributed by atoms with Crippen molar-refractivity contribution in [2.45, 2.75) is 13.8 Å². The van der Waals surface area contributed by atoms with Crippen LogP contribution in [0.25, 0.3) is 32.8 Å². The van der Waals surface area contributed by atoms with Crippen LogP contribution in [0.2, 0.25) is 5.02 Å². The number of piperazine rings is 1. The van der Waals surface area contributed by atoms with Gasteiger partial charge in [-0.05, 0) is 46.5 Å². The molecule has 0 saturated carbocycles. The molecule has 8 heteroatoms. The van der Waals surface area contributed by atoms with Crippen molar-refractivity contribution < 1.29 is 14.3 Å². The van der Waals surface area contributed by atoms with E-state index in [1.807, 2.05) is 49.1 Å². The monoisotopic (exact) mass is 504 g/mol. The van der Waals surface area contributed by atoms with E-state index in [2.05, 4.69) is 9.97 Å². The molecule has 3 aromatic carbocycles. The van der Waals surface area contributed by atoms with Crippen molar-refractivity contribution in [3.63, 3.8) is 0 Å². The number of amides is 1. The molecule has 5 rings (SSSR count). The first-order valence-corrected chi connectivity index (χ1v) is 12.3. The number of aromatic nitrogens is 2. The number of aromatic hydroxyl groups is 1. The summed E-state index contributed by atoms with van der Waals surface area (Å²) in [6, 6.07) is 12.3. The third-order valence-corrected chi connectivity index (χ3v) is 6.73. The third-order valence-electron chi connectivity index (χ3n) is 6.43. The molecule has 1 saturated heterocycles. The molecule has 4 aromatic rings. The lowest BCUT2D eigenvalue weighted by Gasteiger charge is -2.35. The minimum atomic E-state index is -0.565. The van der Waals surface area contributed by atoms with Gasteiger partial charge in [-0.25, -0.2) is 14.4 Å². The molecular formula is C28H26ClFN4O2. The van der Waals surface area contributed by atoms with Gasteiger partial charge in [0.05, 0.1) is 5.02 Å². The highest BCUT2D eigenvalue weighted by Crippen LogP contribution is 2.41. The molecular weight excluding hydrogens is 479 g/mol. The lowest BCUT2D eigenvalue weighted by Crippen LogP contribution is -2.48. The molecule has 0 bridgehead atoms. The number of phenols is 1. The van der Waals surface area contributed by atoms with Gasteiger partial charge >= 0.3 is 0 Å². The fraction of sp³-hybridized carbons (Fsp3) is 0.250. The highest BCUT2D eigenvalue weighted by atomic mass is 35.5. The van der Waals surface area contributed by atoms with Gasteiger partial charge in [-0.2, -0.15) is 0 Å². The molecule has 0 radical (unpaired) electrons. The number of carbonyl (C=O) groups is 1. The molecule has 1 amide bonds. The number of nitrogens with zero attached hydrogens (tertiary/aromatic N) is 4. The van der Waals surface area contributed by atoms with Crippen LogP contribution < -0.4 is 4.90 Å². The van der Waals surface area contributed by atoms with E-state index in [1.54, 1.807) is 23.1 Å². The van der Waals surface area contributed by atoms with Crippen LogP contribution in [0, 0.1) is 11.7 Å². The maximum Gasteiger partial charge on any atom is 0.246 e. The van der Waals surface area contributed by atoms with Gasteiger partial charge in [-0.15, -0.1) is 0 Å². The summed E-state index contributed by atoms with van der Waals surface area (Å²) in [5, 5.41) is 12.5. The van der Waals surface area contributed by atoms with Gasteiger partial charge in [0.1, 0.15) is 23.4 Å². The molecule has 1 aliphatic rings. The summed E-state index contributed by atoms with van der Waals surface area (Å²) in [6.45, 7) is 6.25. The van der Waals surface area contributed by atoms with Gasteiger partial charge in [0, 0.05) is 37.1 Å². The number of benzene rings is 3. The summed E-state index contributed by atoms with van der Waals surface area (Å²) in [6.07, 6.45) is 4.87. The second-order valence-corrected chi connectivity index (χ2v) is 9.68. The maximum absolute atomic E-state index is 16.0. The number of fused-ring (bicyclic) bond motifs is 2. The van der Waals surface area contributed by atoms with Crippen LogP contribution in [-0.2, 0) is 4.79 Å². The zero-order valence-corrected chi connectivity index (χ0v) is 20.8. The fourth-order valence-corrected chi connectivity index (χ4v) is 4.93. The van der Waals surface area contributed by atoms with Crippen molar-refractivity contribution in [2.75, 3.05) is 31.1 Å². The fourth-order valence-electron chi connectivity index (χ4n) is 4.64. The number of anilines is 1. The summed E-state index contributed by atoms with van der Waals surface area (Å²) < 4.78 is 16.0. The van der Waals surface area contributed by atoms with Crippen LogP contribution in [0.5, 0.6) is 5.75 Å². The maximum atomic E-state index is 16.0. The average Bonchev–Trinajstić information content (AvgIpc) is 2.87. The first-order chi connectivity index (χ1) is 17.3. The Kier molecular flexibility index (Phi) is 6.49. The molecule has 2 heterocycles. The van der Waals surface area contributed by atoms with Gasteiger partial charge < -0.3 is 14.9 Å². The molecule has 1 N–H and O–H groups in total. The minimum Gasteiger partial charge on any atom is -0.508 e. The standard InChI is InChI=1S/C28H26ClFN4O2/c1-17(2)7-8-24(36)33-9-11-34(12-10-33)28-22-15-23(29)25(26(30)27(22)31-16-32-28)21-14-19(35)13-18-5-3-4-6-20(18)21/h3-8,13-17,35H,9-12H2,1-2H3/b8-7+. The van der Waals surface area contributed by atoms with Gasteiger partial charge in [-0.3, -0.25) is 4.79 Å². The van der Waals surface area contributed by atoms with E-state index in [-0.39, 0.29) is 27.8 Å². The Labute approximate surface area is 213 Å². The van der Waals surface area contributed by atoms with E-state index in [0.29, 0.717) is 48.9 Å². The predicted molar refractivity (Wildman–Crippen MR) is 142 cm³/mol. The number of hydrogen-bond acceptors (Lipinski definition) is 5. The zero-order valence-electron chi connectivity index (χ0n) is 20.1. The topological polar surface area (TPSA) is 69.6 Å². The van der Waals surface area contributed by atoms with Crippen LogP contribution in [0.3, 0.4) is 0 Å². The van der Waals surface area contributed by atoms with Gasteiger partial charge in [0.2, 0.25) is 5.91 Å². The van der Waals surface area contributed by atoms with E-state index in [4.69, 9.17) is 11.6 Å². The predicted octanol–water partition coefficient (Wildman–Crippen LogP) is 5.81. The summed E-state index contributed by atoms with van der Waals surface area (Å²) in [5.74, 6) is 0.346. The van der Waals surface area contributed by atoms with E-state index in [1.165, 1.54) is 12.4 Å². The number of phenolic OH excluding ortho intramolecular Hbond substituents is 1. The first kappa shape index (κ1) is 24.0. The Morgan fingerprint density at radius 2 is 1.83 bits per heavy atom. The van der Waals surface area contributed by atoms with Crippen LogP contribution >= 0.6 is 11.6 Å². The van der Waals surface area contributed by atoms with Crippen molar-refractivity contribution in [2.24, 2.45) is 5.92 Å². The molecule has 184 valence electrons. The average molecular weight is 505 g/mol. The van der Waals surface area contributed by atoms with Crippen molar-refractivity contribution in [3.05, 3.63) is 71.8 Å². The second kappa shape index (κ2) is 9.74. The minimum absolute atomic E-state index is 0.00651. The van der Waals surface area contributed by atoms with Gasteiger partial charge in [0.25, 0.3) is 0 Å². The second-order valence-electron chi connectivity index (χ2n) is 9.27. The van der Waals surface area contributed by atoms with Crippen molar-refractivity contribution in [1.82, 2.24) is 14.9 Å². The molecule has 0 aliphatic carbocycles. The van der Waals surface area contributed by atoms with Crippen LogP contribution in [0.1, 0.15) is 13.8 Å². The summed E-state index contributed by atoms with van der Waals surface area (Å²) in [7, 11) is 0. The van der Waals surface area contributed by atoms with E-state index < -0.39 is 5.82 Å². The Hall–Kier alpha value is -3.71. The quantitative estimate of drug-likeness (QED) is 0.355. The molecule has 1 aliphatic heterocycles. The van der Waals surface area contributed by atoms with E-state index >= 15 is 4.39 Å². The normalized spacial score (nSPS) is 14.5. The van der Waals surface area contributed by atoms with Crippen molar-refractivity contribution >= 4 is 45.0 Å². The third kappa shape index (κ3) is 4.46. The van der Waals surface area contributed by atoms with Gasteiger partial charge in [0.15, 0.2) is 5.82 Å².